The number of piperazine rings is 1. The summed E-state index contributed by atoms with van der Waals surface area (Å²) in [6.07, 6.45) is 3.31. The van der Waals surface area contributed by atoms with Gasteiger partial charge in [0.15, 0.2) is 5.65 Å². The van der Waals surface area contributed by atoms with E-state index in [0.717, 1.165) is 28.0 Å². The summed E-state index contributed by atoms with van der Waals surface area (Å²) in [5, 5.41) is 19.6. The molecule has 11 heteroatoms. The number of nitrogens with one attached hydrogen (secondary N) is 1. The van der Waals surface area contributed by atoms with Gasteiger partial charge in [-0.2, -0.15) is 5.10 Å². The Hall–Kier alpha value is -4.38. The number of nitro benzene ring substituents is 1. The molecule has 2 aromatic carbocycles. The first-order chi connectivity index (χ1) is 17.4. The van der Waals surface area contributed by atoms with Crippen molar-refractivity contribution in [3.8, 4) is 0 Å². The number of hydrogen-bond donors (Lipinski definition) is 1. The van der Waals surface area contributed by atoms with Gasteiger partial charge in [-0.05, 0) is 24.1 Å². The molecule has 184 valence electrons. The molecule has 1 unspecified atom stereocenters. The van der Waals surface area contributed by atoms with Crippen LogP contribution in [0.1, 0.15) is 17.2 Å². The summed E-state index contributed by atoms with van der Waals surface area (Å²) in [5.74, 6) is 0.516. The summed E-state index contributed by atoms with van der Waals surface area (Å²) in [6, 6.07) is 13.7. The molecule has 2 aromatic heterocycles. The van der Waals surface area contributed by atoms with Crippen LogP contribution in [0.2, 0.25) is 0 Å². The largest absolute Gasteiger partial charge is 0.353 e. The molecule has 1 N–H and O–H groups in total. The molecule has 11 nitrogen and oxygen atoms in total. The minimum atomic E-state index is -0.599. The number of carbonyl (C=O) groups excluding carboxylic acids is 1. The third kappa shape index (κ3) is 4.48. The maximum absolute atomic E-state index is 13.6. The van der Waals surface area contributed by atoms with E-state index in [-0.39, 0.29) is 17.3 Å². The highest BCUT2D eigenvalue weighted by molar-refractivity contribution is 5.97. The highest BCUT2D eigenvalue weighted by Gasteiger charge is 2.32. The molecule has 3 heterocycles. The van der Waals surface area contributed by atoms with Gasteiger partial charge in [0.2, 0.25) is 5.91 Å². The molecule has 1 atom stereocenters. The predicted octanol–water partition coefficient (Wildman–Crippen LogP) is 3.08. The van der Waals surface area contributed by atoms with Gasteiger partial charge < -0.3 is 10.2 Å². The highest BCUT2D eigenvalue weighted by atomic mass is 16.6. The molecule has 1 amide bonds. The van der Waals surface area contributed by atoms with Crippen LogP contribution >= 0.6 is 0 Å². The summed E-state index contributed by atoms with van der Waals surface area (Å²) in [6.45, 7) is 4.30. The van der Waals surface area contributed by atoms with Crippen LogP contribution in [-0.4, -0.2) is 61.7 Å². The standard InChI is InChI=1S/C25H26N8O3/c1-17-8-9-20(21(14-17)33(35)36)29-25(34)22(18-6-4-3-5-7-18)31-10-12-32(13-11-31)24-19-15-28-30(2)23(19)26-16-27-24/h3-9,14-16,22H,10-13H2,1-2H3,(H,29,34). The monoisotopic (exact) mass is 486 g/mol. The maximum atomic E-state index is 13.6. The number of anilines is 2. The van der Waals surface area contributed by atoms with Gasteiger partial charge in [0.25, 0.3) is 5.69 Å². The van der Waals surface area contributed by atoms with E-state index in [1.54, 1.807) is 36.3 Å². The lowest BCUT2D eigenvalue weighted by Crippen LogP contribution is -2.50. The molecule has 0 saturated carbocycles. The SMILES string of the molecule is Cc1ccc(NC(=O)C(c2ccccc2)N2CCN(c3ncnc4c3cnn4C)CC2)c([N+](=O)[O-])c1. The number of rotatable bonds is 6. The smallest absolute Gasteiger partial charge is 0.293 e. The molecule has 4 aromatic rings. The van der Waals surface area contributed by atoms with E-state index < -0.39 is 11.0 Å². The number of nitro groups is 1. The summed E-state index contributed by atoms with van der Waals surface area (Å²) >= 11 is 0. The first kappa shape index (κ1) is 23.4. The fourth-order valence-electron chi connectivity index (χ4n) is 4.66. The van der Waals surface area contributed by atoms with E-state index in [2.05, 4.69) is 30.2 Å². The summed E-state index contributed by atoms with van der Waals surface area (Å²) in [4.78, 5) is 37.8. The normalized spacial score (nSPS) is 15.1. The molecule has 36 heavy (non-hydrogen) atoms. The van der Waals surface area contributed by atoms with E-state index in [1.165, 1.54) is 6.07 Å². The van der Waals surface area contributed by atoms with Crippen molar-refractivity contribution in [1.82, 2.24) is 24.6 Å². The first-order valence-electron chi connectivity index (χ1n) is 11.6. The summed E-state index contributed by atoms with van der Waals surface area (Å²) in [5.41, 5.74) is 2.42. The van der Waals surface area contributed by atoms with Crippen molar-refractivity contribution in [3.63, 3.8) is 0 Å². The maximum Gasteiger partial charge on any atom is 0.293 e. The van der Waals surface area contributed by atoms with Crippen molar-refractivity contribution in [3.05, 3.63) is 82.3 Å². The van der Waals surface area contributed by atoms with Gasteiger partial charge in [-0.25, -0.2) is 9.97 Å². The zero-order chi connectivity index (χ0) is 25.2. The van der Waals surface area contributed by atoms with Crippen LogP contribution in [0.25, 0.3) is 11.0 Å². The number of amides is 1. The van der Waals surface area contributed by atoms with Gasteiger partial charge in [-0.3, -0.25) is 24.5 Å². The Kier molecular flexibility index (Phi) is 6.30. The lowest BCUT2D eigenvalue weighted by atomic mass is 10.0. The second-order valence-electron chi connectivity index (χ2n) is 8.81. The van der Waals surface area contributed by atoms with Crippen molar-refractivity contribution in [2.75, 3.05) is 36.4 Å². The van der Waals surface area contributed by atoms with Gasteiger partial charge in [0, 0.05) is 39.3 Å². The number of benzene rings is 2. The lowest BCUT2D eigenvalue weighted by molar-refractivity contribution is -0.384. The molecule has 1 fully saturated rings. The quantitative estimate of drug-likeness (QED) is 0.326. The van der Waals surface area contributed by atoms with Crippen molar-refractivity contribution in [2.24, 2.45) is 7.05 Å². The van der Waals surface area contributed by atoms with Crippen LogP contribution in [0.3, 0.4) is 0 Å². The minimum absolute atomic E-state index is 0.121. The Morgan fingerprint density at radius 1 is 1.08 bits per heavy atom. The van der Waals surface area contributed by atoms with Gasteiger partial charge in [-0.1, -0.05) is 36.4 Å². The molecule has 1 aliphatic rings. The minimum Gasteiger partial charge on any atom is -0.353 e. The van der Waals surface area contributed by atoms with E-state index in [0.29, 0.717) is 26.2 Å². The third-order valence-electron chi connectivity index (χ3n) is 6.46. The van der Waals surface area contributed by atoms with Crippen LogP contribution in [0, 0.1) is 17.0 Å². The van der Waals surface area contributed by atoms with Crippen molar-refractivity contribution in [1.29, 1.82) is 0 Å². The van der Waals surface area contributed by atoms with Gasteiger partial charge in [0.05, 0.1) is 16.5 Å². The molecule has 0 radical (unpaired) electrons. The zero-order valence-electron chi connectivity index (χ0n) is 20.0. The molecular weight excluding hydrogens is 460 g/mol. The zero-order valence-corrected chi connectivity index (χ0v) is 20.0. The Bertz CT molecular complexity index is 1410. The fourth-order valence-corrected chi connectivity index (χ4v) is 4.66. The molecule has 5 rings (SSSR count). The van der Waals surface area contributed by atoms with Gasteiger partial charge >= 0.3 is 0 Å². The lowest BCUT2D eigenvalue weighted by Gasteiger charge is -2.39. The molecule has 0 aliphatic carbocycles. The molecule has 1 aliphatic heterocycles. The van der Waals surface area contributed by atoms with E-state index in [9.17, 15) is 14.9 Å². The number of hydrogen-bond acceptors (Lipinski definition) is 8. The number of carbonyl (C=O) groups is 1. The molecule has 0 spiro atoms. The highest BCUT2D eigenvalue weighted by Crippen LogP contribution is 2.30. The molecule has 0 bridgehead atoms. The number of nitrogens with zero attached hydrogens (tertiary/aromatic N) is 7. The third-order valence-corrected chi connectivity index (χ3v) is 6.46. The number of fused-ring (bicyclic) bond motifs is 1. The second kappa shape index (κ2) is 9.70. The van der Waals surface area contributed by atoms with Gasteiger partial charge in [-0.15, -0.1) is 0 Å². The van der Waals surface area contributed by atoms with Crippen molar-refractivity contribution >= 4 is 34.1 Å². The second-order valence-corrected chi connectivity index (χ2v) is 8.81. The van der Waals surface area contributed by atoms with Crippen molar-refractivity contribution < 1.29 is 9.72 Å². The van der Waals surface area contributed by atoms with Crippen LogP contribution in [0.5, 0.6) is 0 Å². The summed E-state index contributed by atoms with van der Waals surface area (Å²) in [7, 11) is 1.85. The van der Waals surface area contributed by atoms with Crippen molar-refractivity contribution in [2.45, 2.75) is 13.0 Å². The first-order valence-corrected chi connectivity index (χ1v) is 11.6. The van der Waals surface area contributed by atoms with Crippen LogP contribution < -0.4 is 10.2 Å². The van der Waals surface area contributed by atoms with E-state index in [1.807, 2.05) is 37.4 Å². The van der Waals surface area contributed by atoms with E-state index in [4.69, 9.17) is 0 Å². The Balaban J connectivity index is 1.39. The average molecular weight is 487 g/mol. The Morgan fingerprint density at radius 3 is 2.56 bits per heavy atom. The van der Waals surface area contributed by atoms with Crippen LogP contribution in [0.15, 0.2) is 61.1 Å². The summed E-state index contributed by atoms with van der Waals surface area (Å²) < 4.78 is 1.72. The topological polar surface area (TPSA) is 122 Å². The number of aryl methyl sites for hydroxylation is 2. The Morgan fingerprint density at radius 2 is 1.83 bits per heavy atom. The van der Waals surface area contributed by atoms with E-state index >= 15 is 0 Å². The average Bonchev–Trinajstić information content (AvgIpc) is 3.27. The van der Waals surface area contributed by atoms with Crippen LogP contribution in [0.4, 0.5) is 17.2 Å². The Labute approximate surface area is 207 Å². The number of aromatic nitrogens is 4. The predicted molar refractivity (Wildman–Crippen MR) is 136 cm³/mol. The van der Waals surface area contributed by atoms with Crippen LogP contribution in [-0.2, 0) is 11.8 Å². The molecule has 1 saturated heterocycles. The van der Waals surface area contributed by atoms with Gasteiger partial charge in [0.1, 0.15) is 23.9 Å². The fraction of sp³-hybridized carbons (Fsp3) is 0.280. The molecular formula is C25H26N8O3.